The van der Waals surface area contributed by atoms with Gasteiger partial charge in [-0.15, -0.1) is 0 Å². The highest BCUT2D eigenvalue weighted by Crippen LogP contribution is 2.47. The maximum absolute atomic E-state index is 13.1. The highest BCUT2D eigenvalue weighted by Gasteiger charge is 2.44. The van der Waals surface area contributed by atoms with Gasteiger partial charge in [0.05, 0.1) is 0 Å². The average Bonchev–Trinajstić information content (AvgIpc) is 3.48. The number of nitrogens with zero attached hydrogens (tertiary/aromatic N) is 2. The summed E-state index contributed by atoms with van der Waals surface area (Å²) in [5.41, 5.74) is 3.72. The van der Waals surface area contributed by atoms with Crippen LogP contribution in [-0.4, -0.2) is 43.7 Å². The summed E-state index contributed by atoms with van der Waals surface area (Å²) in [5, 5.41) is 3.15. The van der Waals surface area contributed by atoms with Gasteiger partial charge in [-0.05, 0) is 49.6 Å². The van der Waals surface area contributed by atoms with Gasteiger partial charge in [0.25, 0.3) is 0 Å². The minimum absolute atomic E-state index is 0.0205. The van der Waals surface area contributed by atoms with Gasteiger partial charge in [0.2, 0.25) is 0 Å². The molecule has 2 amide bonds. The average molecular weight is 367 g/mol. The lowest BCUT2D eigenvalue weighted by Gasteiger charge is -2.36. The van der Waals surface area contributed by atoms with Crippen LogP contribution in [0, 0.1) is 12.7 Å². The fraction of sp³-hybridized carbons (Fsp3) is 0.409. The Balaban J connectivity index is 1.28. The van der Waals surface area contributed by atoms with Crippen molar-refractivity contribution >= 4 is 11.7 Å². The molecule has 5 heteroatoms. The Morgan fingerprint density at radius 3 is 2.22 bits per heavy atom. The summed E-state index contributed by atoms with van der Waals surface area (Å²) in [5.74, 6) is -0.223. The van der Waals surface area contributed by atoms with E-state index in [-0.39, 0.29) is 17.3 Å². The van der Waals surface area contributed by atoms with Gasteiger partial charge >= 0.3 is 6.03 Å². The molecule has 1 saturated heterocycles. The second-order valence-electron chi connectivity index (χ2n) is 7.76. The van der Waals surface area contributed by atoms with Crippen LogP contribution in [0.15, 0.2) is 48.5 Å². The van der Waals surface area contributed by atoms with Crippen LogP contribution in [0.4, 0.5) is 14.9 Å². The first-order chi connectivity index (χ1) is 13.1. The first-order valence-corrected chi connectivity index (χ1v) is 9.66. The molecular weight excluding hydrogens is 341 g/mol. The summed E-state index contributed by atoms with van der Waals surface area (Å²) >= 11 is 0. The number of benzene rings is 2. The third-order valence-electron chi connectivity index (χ3n) is 5.85. The minimum atomic E-state index is -0.223. The van der Waals surface area contributed by atoms with Crippen molar-refractivity contribution in [1.29, 1.82) is 0 Å². The zero-order chi connectivity index (χ0) is 18.9. The smallest absolute Gasteiger partial charge is 0.317 e. The lowest BCUT2D eigenvalue weighted by Crippen LogP contribution is -2.52. The van der Waals surface area contributed by atoms with Gasteiger partial charge in [-0.2, -0.15) is 0 Å². The number of rotatable bonds is 4. The lowest BCUT2D eigenvalue weighted by molar-refractivity contribution is 0.193. The van der Waals surface area contributed by atoms with Crippen LogP contribution in [0.5, 0.6) is 0 Å². The normalized spacial score (nSPS) is 18.3. The zero-order valence-corrected chi connectivity index (χ0v) is 15.7. The zero-order valence-electron chi connectivity index (χ0n) is 15.7. The van der Waals surface area contributed by atoms with Crippen LogP contribution >= 0.6 is 0 Å². The van der Waals surface area contributed by atoms with Gasteiger partial charge < -0.3 is 15.1 Å². The number of carbonyl (C=O) groups excluding carboxylic acids is 1. The van der Waals surface area contributed by atoms with Gasteiger partial charge in [-0.3, -0.25) is 0 Å². The third-order valence-corrected chi connectivity index (χ3v) is 5.85. The van der Waals surface area contributed by atoms with Gasteiger partial charge in [0.15, 0.2) is 0 Å². The van der Waals surface area contributed by atoms with Crippen molar-refractivity contribution in [2.24, 2.45) is 0 Å². The van der Waals surface area contributed by atoms with E-state index in [0.717, 1.165) is 31.6 Å². The van der Waals surface area contributed by atoms with E-state index in [9.17, 15) is 9.18 Å². The van der Waals surface area contributed by atoms with E-state index in [2.05, 4.69) is 41.4 Å². The molecule has 0 unspecified atom stereocenters. The maximum Gasteiger partial charge on any atom is 0.317 e. The van der Waals surface area contributed by atoms with Crippen LogP contribution in [0.2, 0.25) is 0 Å². The van der Waals surface area contributed by atoms with Crippen molar-refractivity contribution in [1.82, 2.24) is 10.2 Å². The number of amides is 2. The molecule has 1 N–H and O–H groups in total. The van der Waals surface area contributed by atoms with Crippen molar-refractivity contribution in [3.8, 4) is 0 Å². The SMILES string of the molecule is Cc1ccc(C2(CNC(=O)N3CCN(c4ccc(F)cc4)CC3)CC2)cc1. The summed E-state index contributed by atoms with van der Waals surface area (Å²) in [7, 11) is 0. The lowest BCUT2D eigenvalue weighted by atomic mass is 9.95. The molecule has 4 rings (SSSR count). The first kappa shape index (κ1) is 17.8. The Morgan fingerprint density at radius 2 is 1.63 bits per heavy atom. The molecular formula is C22H26FN3O. The van der Waals surface area contributed by atoms with Crippen LogP contribution in [0.25, 0.3) is 0 Å². The van der Waals surface area contributed by atoms with E-state index < -0.39 is 0 Å². The van der Waals surface area contributed by atoms with E-state index >= 15 is 0 Å². The predicted molar refractivity (Wildman–Crippen MR) is 106 cm³/mol. The second kappa shape index (κ2) is 7.22. The minimum Gasteiger partial charge on any atom is -0.368 e. The molecule has 1 aliphatic heterocycles. The number of aryl methyl sites for hydroxylation is 1. The molecule has 0 aromatic heterocycles. The quantitative estimate of drug-likeness (QED) is 0.894. The molecule has 1 saturated carbocycles. The number of piperazine rings is 1. The van der Waals surface area contributed by atoms with Crippen LogP contribution in [0.3, 0.4) is 0 Å². The third kappa shape index (κ3) is 3.92. The number of halogens is 1. The molecule has 0 bridgehead atoms. The van der Waals surface area contributed by atoms with E-state index in [1.165, 1.54) is 23.3 Å². The highest BCUT2D eigenvalue weighted by atomic mass is 19.1. The predicted octanol–water partition coefficient (Wildman–Crippen LogP) is 3.70. The Labute approximate surface area is 160 Å². The summed E-state index contributed by atoms with van der Waals surface area (Å²) in [4.78, 5) is 16.7. The number of anilines is 1. The number of nitrogens with one attached hydrogen (secondary N) is 1. The number of carbonyl (C=O) groups is 1. The fourth-order valence-electron chi connectivity index (χ4n) is 3.80. The molecule has 0 radical (unpaired) electrons. The molecule has 27 heavy (non-hydrogen) atoms. The molecule has 2 aliphatic rings. The fourth-order valence-corrected chi connectivity index (χ4v) is 3.80. The van der Waals surface area contributed by atoms with E-state index in [1.54, 1.807) is 12.1 Å². The summed E-state index contributed by atoms with van der Waals surface area (Å²) in [6.45, 7) is 5.69. The molecule has 4 nitrogen and oxygen atoms in total. The van der Waals surface area contributed by atoms with Gasteiger partial charge in [0.1, 0.15) is 5.82 Å². The van der Waals surface area contributed by atoms with E-state index in [4.69, 9.17) is 0 Å². The van der Waals surface area contributed by atoms with E-state index in [0.29, 0.717) is 19.6 Å². The Bertz CT molecular complexity index is 791. The molecule has 1 heterocycles. The molecule has 142 valence electrons. The van der Waals surface area contributed by atoms with Crippen LogP contribution in [-0.2, 0) is 5.41 Å². The first-order valence-electron chi connectivity index (χ1n) is 9.66. The van der Waals surface area contributed by atoms with Crippen molar-refractivity contribution in [3.05, 3.63) is 65.5 Å². The van der Waals surface area contributed by atoms with E-state index in [1.807, 2.05) is 4.90 Å². The molecule has 2 fully saturated rings. The highest BCUT2D eigenvalue weighted by molar-refractivity contribution is 5.75. The maximum atomic E-state index is 13.1. The molecule has 2 aromatic carbocycles. The Kier molecular flexibility index (Phi) is 4.77. The van der Waals surface area contributed by atoms with Crippen molar-refractivity contribution in [2.45, 2.75) is 25.2 Å². The molecule has 0 atom stereocenters. The van der Waals surface area contributed by atoms with Gasteiger partial charge in [0, 0.05) is 43.8 Å². The number of hydrogen-bond donors (Lipinski definition) is 1. The van der Waals surface area contributed by atoms with Crippen LogP contribution < -0.4 is 10.2 Å². The Hall–Kier alpha value is -2.56. The number of urea groups is 1. The van der Waals surface area contributed by atoms with Gasteiger partial charge in [-0.1, -0.05) is 29.8 Å². The molecule has 2 aromatic rings. The van der Waals surface area contributed by atoms with Crippen molar-refractivity contribution in [2.75, 3.05) is 37.6 Å². The monoisotopic (exact) mass is 367 g/mol. The van der Waals surface area contributed by atoms with Gasteiger partial charge in [-0.25, -0.2) is 9.18 Å². The standard InChI is InChI=1S/C22H26FN3O/c1-17-2-4-18(5-3-17)22(10-11-22)16-24-21(27)26-14-12-25(13-15-26)20-8-6-19(23)7-9-20/h2-9H,10-16H2,1H3,(H,24,27). The summed E-state index contributed by atoms with van der Waals surface area (Å²) in [6, 6.07) is 15.2. The topological polar surface area (TPSA) is 35.6 Å². The molecule has 0 spiro atoms. The largest absolute Gasteiger partial charge is 0.368 e. The van der Waals surface area contributed by atoms with Crippen molar-refractivity contribution in [3.63, 3.8) is 0 Å². The van der Waals surface area contributed by atoms with Crippen molar-refractivity contribution < 1.29 is 9.18 Å². The van der Waals surface area contributed by atoms with Crippen LogP contribution in [0.1, 0.15) is 24.0 Å². The molecule has 1 aliphatic carbocycles. The number of hydrogen-bond acceptors (Lipinski definition) is 2. The summed E-state index contributed by atoms with van der Waals surface area (Å²) in [6.07, 6.45) is 2.27. The second-order valence-corrected chi connectivity index (χ2v) is 7.76. The summed E-state index contributed by atoms with van der Waals surface area (Å²) < 4.78 is 13.1. The Morgan fingerprint density at radius 1 is 1.00 bits per heavy atom.